The summed E-state index contributed by atoms with van der Waals surface area (Å²) >= 11 is 0. The standard InChI is InChI=1S/C12H13NO3/c1-3-11(14)13(9(2)12(15)16)10-7-5-4-6-8-10/h3-9H,1H2,2H3,(H,15,16)/t9-/m0/s1/i/hD. The summed E-state index contributed by atoms with van der Waals surface area (Å²) < 4.78 is 6.58. The maximum Gasteiger partial charge on any atom is 0.326 e. The Morgan fingerprint density at radius 1 is 1.50 bits per heavy atom. The van der Waals surface area contributed by atoms with Gasteiger partial charge in [-0.1, -0.05) is 24.8 Å². The molecule has 0 aliphatic carbocycles. The fourth-order valence-corrected chi connectivity index (χ4v) is 1.33. The van der Waals surface area contributed by atoms with Crippen LogP contribution in [0.25, 0.3) is 1.43 Å². The Morgan fingerprint density at radius 3 is 2.62 bits per heavy atom. The van der Waals surface area contributed by atoms with Crippen LogP contribution < -0.4 is 4.90 Å². The number of amides is 1. The van der Waals surface area contributed by atoms with Gasteiger partial charge in [0.15, 0.2) is 0 Å². The van der Waals surface area contributed by atoms with Gasteiger partial charge in [-0.2, -0.15) is 0 Å². The Balaban J connectivity index is 3.09. The number of carbonyl (C=O) groups excluding carboxylic acids is 1. The number of carbonyl (C=O) groups is 2. The lowest BCUT2D eigenvalue weighted by Gasteiger charge is -2.25. The molecule has 16 heavy (non-hydrogen) atoms. The zero-order valence-electron chi connectivity index (χ0n) is 9.92. The summed E-state index contributed by atoms with van der Waals surface area (Å²) in [7, 11) is 0. The first-order valence-corrected chi connectivity index (χ1v) is 4.79. The number of hydrogen-bond acceptors (Lipinski definition) is 3. The highest BCUT2D eigenvalue weighted by Crippen LogP contribution is 2.17. The van der Waals surface area contributed by atoms with Crippen LogP contribution in [0.3, 0.4) is 0 Å². The predicted molar refractivity (Wildman–Crippen MR) is 61.2 cm³/mol. The number of anilines is 1. The molecule has 1 aromatic rings. The van der Waals surface area contributed by atoms with Gasteiger partial charge >= 0.3 is 5.97 Å². The number of benzene rings is 1. The third kappa shape index (κ3) is 2.48. The maximum absolute atomic E-state index is 11.7. The lowest BCUT2D eigenvalue weighted by atomic mass is 10.2. The van der Waals surface area contributed by atoms with E-state index in [2.05, 4.69) is 11.7 Å². The van der Waals surface area contributed by atoms with Crippen LogP contribution in [0.4, 0.5) is 5.69 Å². The lowest BCUT2D eigenvalue weighted by Crippen LogP contribution is -2.42. The minimum atomic E-state index is -0.875. The second-order valence-electron chi connectivity index (χ2n) is 3.24. The Bertz CT molecular complexity index is 419. The SMILES string of the molecule is [2H]OC(=O)[C@H](C)N(C(=O)C=C)c1ccccc1. The maximum atomic E-state index is 11.7. The minimum Gasteiger partial charge on any atom is -0.480 e. The van der Waals surface area contributed by atoms with Crippen LogP contribution in [-0.2, 0) is 9.59 Å². The van der Waals surface area contributed by atoms with Crippen molar-refractivity contribution in [3.63, 3.8) is 0 Å². The van der Waals surface area contributed by atoms with E-state index in [9.17, 15) is 9.59 Å². The Kier molecular flexibility index (Phi) is 3.33. The van der Waals surface area contributed by atoms with E-state index in [1.54, 1.807) is 30.3 Å². The molecular formula is C12H13NO3. The summed E-state index contributed by atoms with van der Waals surface area (Å²) in [5, 5.41) is 3.89. The number of carboxylic acid groups (broad SMARTS) is 1. The van der Waals surface area contributed by atoms with Gasteiger partial charge in [-0.15, -0.1) is 0 Å². The van der Waals surface area contributed by atoms with Gasteiger partial charge in [-0.05, 0) is 25.1 Å². The number of nitrogens with zero attached hydrogens (tertiary/aromatic N) is 1. The van der Waals surface area contributed by atoms with E-state index in [1.165, 1.54) is 11.8 Å². The molecule has 0 bridgehead atoms. The third-order valence-electron chi connectivity index (χ3n) is 2.17. The summed E-state index contributed by atoms with van der Waals surface area (Å²) in [6.07, 6.45) is 1.11. The van der Waals surface area contributed by atoms with Gasteiger partial charge in [0.2, 0.25) is 0 Å². The highest BCUT2D eigenvalue weighted by atomic mass is 16.4. The highest BCUT2D eigenvalue weighted by molar-refractivity contribution is 6.04. The molecule has 0 saturated carbocycles. The van der Waals surface area contributed by atoms with E-state index in [-0.39, 0.29) is 0 Å². The monoisotopic (exact) mass is 220 g/mol. The van der Waals surface area contributed by atoms with E-state index < -0.39 is 17.9 Å². The minimum absolute atomic E-state index is 0.422. The molecule has 0 unspecified atom stereocenters. The molecule has 0 aliphatic rings. The molecule has 0 aliphatic heterocycles. The topological polar surface area (TPSA) is 57.6 Å². The van der Waals surface area contributed by atoms with Crippen LogP contribution >= 0.6 is 0 Å². The molecule has 0 spiro atoms. The quantitative estimate of drug-likeness (QED) is 0.785. The predicted octanol–water partition coefficient (Wildman–Crippen LogP) is 1.68. The smallest absolute Gasteiger partial charge is 0.326 e. The number of aliphatic carboxylic acids is 1. The van der Waals surface area contributed by atoms with Gasteiger partial charge < -0.3 is 5.11 Å². The fraction of sp³-hybridized carbons (Fsp3) is 0.167. The van der Waals surface area contributed by atoms with E-state index in [0.717, 1.165) is 6.08 Å². The highest BCUT2D eigenvalue weighted by Gasteiger charge is 2.24. The summed E-state index contributed by atoms with van der Waals surface area (Å²) in [4.78, 5) is 24.2. The number of para-hydroxylation sites is 1. The van der Waals surface area contributed by atoms with Crippen molar-refractivity contribution in [2.24, 2.45) is 0 Å². The molecule has 0 aromatic heterocycles. The molecule has 0 heterocycles. The van der Waals surface area contributed by atoms with Crippen molar-refractivity contribution >= 4 is 17.6 Å². The Morgan fingerprint density at radius 2 is 2.12 bits per heavy atom. The molecule has 1 amide bonds. The molecule has 1 aromatic carbocycles. The molecule has 4 heteroatoms. The van der Waals surface area contributed by atoms with E-state index in [0.29, 0.717) is 5.69 Å². The average Bonchev–Trinajstić information content (AvgIpc) is 2.38. The molecule has 0 radical (unpaired) electrons. The number of hydrogen-bond donors (Lipinski definition) is 1. The van der Waals surface area contributed by atoms with Gasteiger partial charge in [0.05, 0.1) is 0 Å². The van der Waals surface area contributed by atoms with E-state index in [4.69, 9.17) is 1.43 Å². The Labute approximate surface area is 95.3 Å². The first-order valence-electron chi connectivity index (χ1n) is 5.20. The van der Waals surface area contributed by atoms with Gasteiger partial charge in [0, 0.05) is 5.69 Å². The Hall–Kier alpha value is -2.10. The van der Waals surface area contributed by atoms with Crippen molar-refractivity contribution in [1.82, 2.24) is 0 Å². The summed E-state index contributed by atoms with van der Waals surface area (Å²) in [6, 6.07) is 7.80. The van der Waals surface area contributed by atoms with Crippen LogP contribution in [0.5, 0.6) is 0 Å². The summed E-state index contributed by atoms with van der Waals surface area (Å²) in [5.74, 6) is -1.22. The van der Waals surface area contributed by atoms with Crippen molar-refractivity contribution in [3.8, 4) is 0 Å². The molecule has 0 saturated heterocycles. The molecule has 1 atom stereocenters. The van der Waals surface area contributed by atoms with Crippen LogP contribution in [0.15, 0.2) is 43.0 Å². The second kappa shape index (κ2) is 5.11. The van der Waals surface area contributed by atoms with Crippen molar-refractivity contribution < 1.29 is 14.7 Å². The van der Waals surface area contributed by atoms with Crippen LogP contribution in [0.1, 0.15) is 6.92 Å². The largest absolute Gasteiger partial charge is 0.480 e. The van der Waals surface area contributed by atoms with Crippen molar-refractivity contribution in [2.45, 2.75) is 13.0 Å². The van der Waals surface area contributed by atoms with Gasteiger partial charge in [0.1, 0.15) is 6.04 Å². The summed E-state index contributed by atoms with van der Waals surface area (Å²) in [6.45, 7) is 4.88. The van der Waals surface area contributed by atoms with Crippen molar-refractivity contribution in [3.05, 3.63) is 43.0 Å². The van der Waals surface area contributed by atoms with Crippen molar-refractivity contribution in [1.29, 1.82) is 1.43 Å². The first-order chi connectivity index (χ1) is 8.11. The molecule has 0 fully saturated rings. The molecule has 1 N–H and O–H groups in total. The van der Waals surface area contributed by atoms with Gasteiger partial charge in [0.25, 0.3) is 7.34 Å². The van der Waals surface area contributed by atoms with E-state index in [1.807, 2.05) is 0 Å². The molecule has 1 rings (SSSR count). The average molecular weight is 220 g/mol. The van der Waals surface area contributed by atoms with Crippen LogP contribution in [0.2, 0.25) is 0 Å². The summed E-state index contributed by atoms with van der Waals surface area (Å²) in [5.41, 5.74) is 0.551. The molecule has 84 valence electrons. The van der Waals surface area contributed by atoms with Gasteiger partial charge in [-0.3, -0.25) is 9.69 Å². The number of carboxylic acids is 1. The zero-order chi connectivity index (χ0) is 12.8. The molecular weight excluding hydrogens is 206 g/mol. The first kappa shape index (κ1) is 10.4. The fourth-order valence-electron chi connectivity index (χ4n) is 1.33. The molecule has 4 nitrogen and oxygen atoms in total. The van der Waals surface area contributed by atoms with Crippen molar-refractivity contribution in [2.75, 3.05) is 4.90 Å². The lowest BCUT2D eigenvalue weighted by molar-refractivity contribution is -0.139. The van der Waals surface area contributed by atoms with Crippen LogP contribution in [0, 0.1) is 0 Å². The third-order valence-corrected chi connectivity index (χ3v) is 2.17. The van der Waals surface area contributed by atoms with E-state index >= 15 is 0 Å². The zero-order valence-corrected chi connectivity index (χ0v) is 8.92. The number of rotatable bonds is 4. The van der Waals surface area contributed by atoms with Gasteiger partial charge in [-0.25, -0.2) is 4.79 Å². The normalized spacial score (nSPS) is 12.2. The van der Waals surface area contributed by atoms with Crippen LogP contribution in [-0.4, -0.2) is 23.0 Å². The second-order valence-corrected chi connectivity index (χ2v) is 3.24.